The van der Waals surface area contributed by atoms with Crippen LogP contribution in [0.4, 0.5) is 0 Å². The van der Waals surface area contributed by atoms with Gasteiger partial charge in [-0.05, 0) is 33.1 Å². The van der Waals surface area contributed by atoms with Gasteiger partial charge in [-0.3, -0.25) is 9.59 Å². The molecule has 86 valence electrons. The van der Waals surface area contributed by atoms with Crippen LogP contribution < -0.4 is 10.6 Å². The average Bonchev–Trinajstić information content (AvgIpc) is 2.75. The van der Waals surface area contributed by atoms with E-state index < -0.39 is 0 Å². The van der Waals surface area contributed by atoms with Crippen LogP contribution in [0.2, 0.25) is 0 Å². The van der Waals surface area contributed by atoms with Gasteiger partial charge in [0.2, 0.25) is 11.8 Å². The Hall–Kier alpha value is -1.06. The molecule has 15 heavy (non-hydrogen) atoms. The van der Waals surface area contributed by atoms with Crippen molar-refractivity contribution < 1.29 is 9.59 Å². The number of nitrogens with one attached hydrogen (secondary N) is 2. The molecule has 2 amide bonds. The third-order valence-electron chi connectivity index (χ3n) is 2.38. The summed E-state index contributed by atoms with van der Waals surface area (Å²) in [5.41, 5.74) is -0.241. The summed E-state index contributed by atoms with van der Waals surface area (Å²) in [5, 5.41) is 5.44. The van der Waals surface area contributed by atoms with Crippen molar-refractivity contribution in [2.24, 2.45) is 11.8 Å². The molecule has 0 aromatic carbocycles. The van der Waals surface area contributed by atoms with E-state index in [-0.39, 0.29) is 29.8 Å². The van der Waals surface area contributed by atoms with Gasteiger partial charge in [0.1, 0.15) is 0 Å². The highest BCUT2D eigenvalue weighted by Crippen LogP contribution is 2.37. The van der Waals surface area contributed by atoms with Crippen LogP contribution >= 0.6 is 0 Å². The van der Waals surface area contributed by atoms with E-state index in [1.54, 1.807) is 0 Å². The summed E-state index contributed by atoms with van der Waals surface area (Å²) in [6, 6.07) is 0. The smallest absolute Gasteiger partial charge is 0.239 e. The quantitative estimate of drug-likeness (QED) is 0.722. The van der Waals surface area contributed by atoms with Gasteiger partial charge in [-0.25, -0.2) is 0 Å². The maximum absolute atomic E-state index is 11.4. The lowest BCUT2D eigenvalue weighted by atomic mass is 10.1. The Morgan fingerprint density at radius 2 is 1.87 bits per heavy atom. The molecule has 0 radical (unpaired) electrons. The van der Waals surface area contributed by atoms with Crippen molar-refractivity contribution in [3.63, 3.8) is 0 Å². The molecule has 0 unspecified atom stereocenters. The molecular weight excluding hydrogens is 192 g/mol. The molecule has 4 heteroatoms. The molecule has 0 saturated heterocycles. The second kappa shape index (κ2) is 4.21. The lowest BCUT2D eigenvalue weighted by molar-refractivity contribution is -0.127. The third kappa shape index (κ3) is 4.32. The molecule has 0 heterocycles. The maximum Gasteiger partial charge on any atom is 0.239 e. The number of carbonyl (C=O) groups excluding carboxylic acids is 2. The molecule has 4 nitrogen and oxygen atoms in total. The Bertz CT molecular complexity index is 268. The molecule has 2 N–H and O–H groups in total. The molecule has 0 aliphatic heterocycles. The number of carbonyl (C=O) groups is 2. The Kier molecular flexibility index (Phi) is 3.37. The highest BCUT2D eigenvalue weighted by Gasteiger charge is 2.39. The highest BCUT2D eigenvalue weighted by atomic mass is 16.2. The largest absolute Gasteiger partial charge is 0.350 e. The van der Waals surface area contributed by atoms with E-state index in [2.05, 4.69) is 10.6 Å². The Labute approximate surface area is 90.8 Å². The maximum atomic E-state index is 11.4. The normalized spacial score (nSPS) is 24.5. The number of hydrogen-bond donors (Lipinski definition) is 2. The summed E-state index contributed by atoms with van der Waals surface area (Å²) in [4.78, 5) is 22.8. The Balaban J connectivity index is 2.20. The zero-order valence-electron chi connectivity index (χ0n) is 9.89. The molecule has 2 atom stereocenters. The minimum absolute atomic E-state index is 0.00607. The van der Waals surface area contributed by atoms with Crippen molar-refractivity contribution in [3.05, 3.63) is 0 Å². The zero-order valence-corrected chi connectivity index (χ0v) is 9.89. The van der Waals surface area contributed by atoms with Crippen LogP contribution in [0.3, 0.4) is 0 Å². The first-order chi connectivity index (χ1) is 6.79. The predicted octanol–water partition coefficient (Wildman–Crippen LogP) is 0.673. The summed E-state index contributed by atoms with van der Waals surface area (Å²) in [5.74, 6) is 0.485. The van der Waals surface area contributed by atoms with E-state index in [1.165, 1.54) is 0 Å². The molecule has 0 bridgehead atoms. The van der Waals surface area contributed by atoms with Gasteiger partial charge in [0.05, 0.1) is 6.54 Å². The molecule has 0 aromatic rings. The number of rotatable bonds is 3. The minimum Gasteiger partial charge on any atom is -0.350 e. The lowest BCUT2D eigenvalue weighted by Crippen LogP contribution is -2.46. The van der Waals surface area contributed by atoms with Crippen molar-refractivity contribution in [2.45, 2.75) is 39.7 Å². The fourth-order valence-corrected chi connectivity index (χ4v) is 1.45. The standard InChI is InChI=1S/C11H20N2O2/c1-7-5-8(7)10(15)12-6-9(14)13-11(2,3)4/h7-8H,5-6H2,1-4H3,(H,12,15)(H,13,14)/t7-,8-/m0/s1. The van der Waals surface area contributed by atoms with Gasteiger partial charge in [0, 0.05) is 11.5 Å². The zero-order chi connectivity index (χ0) is 11.6. The van der Waals surface area contributed by atoms with Crippen LogP contribution in [0, 0.1) is 11.8 Å². The third-order valence-corrected chi connectivity index (χ3v) is 2.38. The summed E-state index contributed by atoms with van der Waals surface area (Å²) < 4.78 is 0. The fourth-order valence-electron chi connectivity index (χ4n) is 1.45. The molecule has 0 spiro atoms. The van der Waals surface area contributed by atoms with E-state index >= 15 is 0 Å². The van der Waals surface area contributed by atoms with Gasteiger partial charge >= 0.3 is 0 Å². The van der Waals surface area contributed by atoms with Gasteiger partial charge in [-0.1, -0.05) is 6.92 Å². The van der Waals surface area contributed by atoms with Crippen LogP contribution in [-0.4, -0.2) is 23.9 Å². The van der Waals surface area contributed by atoms with E-state index in [0.29, 0.717) is 5.92 Å². The molecular formula is C11H20N2O2. The van der Waals surface area contributed by atoms with E-state index in [9.17, 15) is 9.59 Å². The first kappa shape index (κ1) is 12.0. The van der Waals surface area contributed by atoms with Gasteiger partial charge < -0.3 is 10.6 Å². The SMILES string of the molecule is C[C@H]1C[C@@H]1C(=O)NCC(=O)NC(C)(C)C. The van der Waals surface area contributed by atoms with Gasteiger partial charge in [-0.15, -0.1) is 0 Å². The topological polar surface area (TPSA) is 58.2 Å². The van der Waals surface area contributed by atoms with E-state index in [4.69, 9.17) is 0 Å². The first-order valence-electron chi connectivity index (χ1n) is 5.38. The monoisotopic (exact) mass is 212 g/mol. The molecule has 0 aromatic heterocycles. The summed E-state index contributed by atoms with van der Waals surface area (Å²) in [6.07, 6.45) is 0.951. The second-order valence-corrected chi connectivity index (χ2v) is 5.34. The predicted molar refractivity (Wildman–Crippen MR) is 58.2 cm³/mol. The Morgan fingerprint density at radius 3 is 2.27 bits per heavy atom. The second-order valence-electron chi connectivity index (χ2n) is 5.34. The van der Waals surface area contributed by atoms with Gasteiger partial charge in [-0.2, -0.15) is 0 Å². The van der Waals surface area contributed by atoms with Crippen LogP contribution in [-0.2, 0) is 9.59 Å². The highest BCUT2D eigenvalue weighted by molar-refractivity contribution is 5.87. The minimum atomic E-state index is -0.241. The van der Waals surface area contributed by atoms with Crippen molar-refractivity contribution in [1.29, 1.82) is 0 Å². The summed E-state index contributed by atoms with van der Waals surface area (Å²) in [6.45, 7) is 7.86. The molecule has 1 aliphatic rings. The van der Waals surface area contributed by atoms with E-state index in [0.717, 1.165) is 6.42 Å². The average molecular weight is 212 g/mol. The van der Waals surface area contributed by atoms with Gasteiger partial charge in [0.15, 0.2) is 0 Å². The molecule has 1 aliphatic carbocycles. The first-order valence-corrected chi connectivity index (χ1v) is 5.38. The summed E-state index contributed by atoms with van der Waals surface area (Å²) in [7, 11) is 0. The lowest BCUT2D eigenvalue weighted by Gasteiger charge is -2.20. The van der Waals surface area contributed by atoms with Crippen LogP contribution in [0.25, 0.3) is 0 Å². The summed E-state index contributed by atoms with van der Waals surface area (Å²) >= 11 is 0. The molecule has 1 fully saturated rings. The van der Waals surface area contributed by atoms with Crippen molar-refractivity contribution >= 4 is 11.8 Å². The van der Waals surface area contributed by atoms with Gasteiger partial charge in [0.25, 0.3) is 0 Å². The van der Waals surface area contributed by atoms with E-state index in [1.807, 2.05) is 27.7 Å². The van der Waals surface area contributed by atoms with Crippen LogP contribution in [0.5, 0.6) is 0 Å². The van der Waals surface area contributed by atoms with Crippen molar-refractivity contribution in [2.75, 3.05) is 6.54 Å². The van der Waals surface area contributed by atoms with Crippen molar-refractivity contribution in [1.82, 2.24) is 10.6 Å². The number of hydrogen-bond acceptors (Lipinski definition) is 2. The molecule has 1 rings (SSSR count). The van der Waals surface area contributed by atoms with Crippen LogP contribution in [0.15, 0.2) is 0 Å². The van der Waals surface area contributed by atoms with Crippen LogP contribution in [0.1, 0.15) is 34.1 Å². The Morgan fingerprint density at radius 1 is 1.33 bits per heavy atom. The fraction of sp³-hybridized carbons (Fsp3) is 0.818. The van der Waals surface area contributed by atoms with Crippen molar-refractivity contribution in [3.8, 4) is 0 Å². The molecule has 1 saturated carbocycles. The number of amides is 2.